The van der Waals surface area contributed by atoms with Crippen molar-refractivity contribution in [3.63, 3.8) is 0 Å². The maximum atomic E-state index is 6.06. The third kappa shape index (κ3) is 2.89. The number of benzene rings is 2. The third-order valence-corrected chi connectivity index (χ3v) is 4.49. The number of ether oxygens (including phenoxy) is 1. The zero-order valence-corrected chi connectivity index (χ0v) is 13.8. The fourth-order valence-corrected chi connectivity index (χ4v) is 3.22. The van der Waals surface area contributed by atoms with Crippen LogP contribution in [-0.2, 0) is 6.42 Å². The highest BCUT2D eigenvalue weighted by molar-refractivity contribution is 9.10. The van der Waals surface area contributed by atoms with Crippen LogP contribution in [0.25, 0.3) is 10.9 Å². The van der Waals surface area contributed by atoms with Crippen LogP contribution in [0, 0.1) is 0 Å². The Bertz CT molecular complexity index is 804. The SMILES string of the molecule is COc1nc2ccccc2c(Br)c1Cc1cccc(Cl)c1. The van der Waals surface area contributed by atoms with E-state index in [1.807, 2.05) is 48.5 Å². The fourth-order valence-electron chi connectivity index (χ4n) is 2.36. The summed E-state index contributed by atoms with van der Waals surface area (Å²) in [5.74, 6) is 0.639. The molecule has 0 fully saturated rings. The Kier molecular flexibility index (Phi) is 4.13. The molecule has 0 saturated heterocycles. The number of hydrogen-bond acceptors (Lipinski definition) is 2. The number of aromatic nitrogens is 1. The number of hydrogen-bond donors (Lipinski definition) is 0. The van der Waals surface area contributed by atoms with Crippen LogP contribution in [0.4, 0.5) is 0 Å². The molecule has 0 amide bonds. The molecule has 0 aliphatic carbocycles. The highest BCUT2D eigenvalue weighted by Crippen LogP contribution is 2.34. The predicted octanol–water partition coefficient (Wildman–Crippen LogP) is 5.25. The Hall–Kier alpha value is -1.58. The summed E-state index contributed by atoms with van der Waals surface area (Å²) in [7, 11) is 1.64. The van der Waals surface area contributed by atoms with Gasteiger partial charge in [0.2, 0.25) is 5.88 Å². The van der Waals surface area contributed by atoms with Gasteiger partial charge in [-0.3, -0.25) is 0 Å². The summed E-state index contributed by atoms with van der Waals surface area (Å²) in [5.41, 5.74) is 3.06. The Labute approximate surface area is 136 Å². The molecule has 2 nitrogen and oxygen atoms in total. The normalized spacial score (nSPS) is 10.8. The zero-order chi connectivity index (χ0) is 14.8. The molecule has 0 unspecified atom stereocenters. The van der Waals surface area contributed by atoms with Crippen molar-refractivity contribution in [1.82, 2.24) is 4.98 Å². The van der Waals surface area contributed by atoms with Crippen LogP contribution >= 0.6 is 27.5 Å². The molecule has 4 heteroatoms. The van der Waals surface area contributed by atoms with E-state index in [2.05, 4.69) is 20.9 Å². The first-order valence-corrected chi connectivity index (χ1v) is 7.71. The standard InChI is InChI=1S/C17H13BrClNO/c1-21-17-14(10-11-5-4-6-12(19)9-11)16(18)13-7-2-3-8-15(13)20-17/h2-9H,10H2,1H3. The Morgan fingerprint density at radius 3 is 2.71 bits per heavy atom. The van der Waals surface area contributed by atoms with Crippen molar-refractivity contribution in [3.8, 4) is 5.88 Å². The molecule has 0 aliphatic rings. The topological polar surface area (TPSA) is 22.1 Å². The van der Waals surface area contributed by atoms with Crippen LogP contribution in [0.2, 0.25) is 5.02 Å². The summed E-state index contributed by atoms with van der Waals surface area (Å²) in [5, 5.41) is 1.81. The van der Waals surface area contributed by atoms with Crippen molar-refractivity contribution in [2.24, 2.45) is 0 Å². The van der Waals surface area contributed by atoms with E-state index in [-0.39, 0.29) is 0 Å². The van der Waals surface area contributed by atoms with E-state index in [0.717, 1.165) is 31.5 Å². The number of halogens is 2. The molecule has 106 valence electrons. The molecule has 1 heterocycles. The van der Waals surface area contributed by atoms with Crippen molar-refractivity contribution in [1.29, 1.82) is 0 Å². The van der Waals surface area contributed by atoms with E-state index in [4.69, 9.17) is 16.3 Å². The second-order valence-corrected chi connectivity index (χ2v) is 5.97. The number of pyridine rings is 1. The lowest BCUT2D eigenvalue weighted by Crippen LogP contribution is -1.99. The molecule has 21 heavy (non-hydrogen) atoms. The van der Waals surface area contributed by atoms with E-state index in [1.54, 1.807) is 7.11 Å². The second kappa shape index (κ2) is 6.04. The van der Waals surface area contributed by atoms with Gasteiger partial charge in [-0.2, -0.15) is 0 Å². The lowest BCUT2D eigenvalue weighted by Gasteiger charge is -2.12. The van der Waals surface area contributed by atoms with E-state index >= 15 is 0 Å². The van der Waals surface area contributed by atoms with Crippen LogP contribution in [0.1, 0.15) is 11.1 Å². The molecule has 3 aromatic rings. The molecule has 0 atom stereocenters. The van der Waals surface area contributed by atoms with Crippen molar-refractivity contribution >= 4 is 38.4 Å². The van der Waals surface area contributed by atoms with E-state index in [0.29, 0.717) is 12.3 Å². The van der Waals surface area contributed by atoms with Gasteiger partial charge in [0.25, 0.3) is 0 Å². The lowest BCUT2D eigenvalue weighted by molar-refractivity contribution is 0.395. The van der Waals surface area contributed by atoms with Gasteiger partial charge in [-0.15, -0.1) is 0 Å². The summed E-state index contributed by atoms with van der Waals surface area (Å²) in [6.07, 6.45) is 0.710. The molecule has 0 saturated carbocycles. The first kappa shape index (κ1) is 14.4. The van der Waals surface area contributed by atoms with Crippen molar-refractivity contribution in [3.05, 3.63) is 69.2 Å². The predicted molar refractivity (Wildman–Crippen MR) is 90.3 cm³/mol. The number of fused-ring (bicyclic) bond motifs is 1. The molecule has 1 aromatic heterocycles. The molecular weight excluding hydrogens is 350 g/mol. The van der Waals surface area contributed by atoms with Crippen LogP contribution in [0.5, 0.6) is 5.88 Å². The van der Waals surface area contributed by atoms with E-state index in [1.165, 1.54) is 0 Å². The van der Waals surface area contributed by atoms with Gasteiger partial charge in [0.1, 0.15) is 0 Å². The highest BCUT2D eigenvalue weighted by atomic mass is 79.9. The molecule has 0 aliphatic heterocycles. The minimum absolute atomic E-state index is 0.639. The molecule has 0 radical (unpaired) electrons. The molecule has 2 aromatic carbocycles. The summed E-state index contributed by atoms with van der Waals surface area (Å²) < 4.78 is 6.48. The Morgan fingerprint density at radius 2 is 1.95 bits per heavy atom. The van der Waals surface area contributed by atoms with Crippen molar-refractivity contribution < 1.29 is 4.74 Å². The van der Waals surface area contributed by atoms with Crippen LogP contribution < -0.4 is 4.74 Å². The summed E-state index contributed by atoms with van der Waals surface area (Å²) in [6, 6.07) is 15.8. The molecule has 0 bridgehead atoms. The Morgan fingerprint density at radius 1 is 1.14 bits per heavy atom. The zero-order valence-electron chi connectivity index (χ0n) is 11.4. The van der Waals surface area contributed by atoms with Gasteiger partial charge in [-0.25, -0.2) is 4.98 Å². The molecule has 0 spiro atoms. The molecule has 3 rings (SSSR count). The summed E-state index contributed by atoms with van der Waals surface area (Å²) >= 11 is 9.76. The Balaban J connectivity index is 2.14. The van der Waals surface area contributed by atoms with Gasteiger partial charge in [-0.05, 0) is 39.7 Å². The minimum atomic E-state index is 0.639. The highest BCUT2D eigenvalue weighted by Gasteiger charge is 2.14. The second-order valence-electron chi connectivity index (χ2n) is 4.74. The minimum Gasteiger partial charge on any atom is -0.481 e. The van der Waals surface area contributed by atoms with E-state index in [9.17, 15) is 0 Å². The fraction of sp³-hybridized carbons (Fsp3) is 0.118. The maximum Gasteiger partial charge on any atom is 0.218 e. The van der Waals surface area contributed by atoms with Crippen LogP contribution in [0.3, 0.4) is 0 Å². The first-order chi connectivity index (χ1) is 10.2. The quantitative estimate of drug-likeness (QED) is 0.635. The van der Waals surface area contributed by atoms with Gasteiger partial charge in [-0.1, -0.05) is 41.9 Å². The average molecular weight is 363 g/mol. The van der Waals surface area contributed by atoms with Gasteiger partial charge < -0.3 is 4.74 Å². The largest absolute Gasteiger partial charge is 0.481 e. The van der Waals surface area contributed by atoms with Gasteiger partial charge in [0, 0.05) is 26.9 Å². The van der Waals surface area contributed by atoms with Gasteiger partial charge in [0.15, 0.2) is 0 Å². The summed E-state index contributed by atoms with van der Waals surface area (Å²) in [6.45, 7) is 0. The van der Waals surface area contributed by atoms with Gasteiger partial charge >= 0.3 is 0 Å². The maximum absolute atomic E-state index is 6.06. The average Bonchev–Trinajstić information content (AvgIpc) is 2.50. The van der Waals surface area contributed by atoms with Gasteiger partial charge in [0.05, 0.1) is 12.6 Å². The van der Waals surface area contributed by atoms with Crippen molar-refractivity contribution in [2.45, 2.75) is 6.42 Å². The number of nitrogens with zero attached hydrogens (tertiary/aromatic N) is 1. The monoisotopic (exact) mass is 361 g/mol. The van der Waals surface area contributed by atoms with E-state index < -0.39 is 0 Å². The smallest absolute Gasteiger partial charge is 0.218 e. The lowest BCUT2D eigenvalue weighted by atomic mass is 10.0. The summed E-state index contributed by atoms with van der Waals surface area (Å²) in [4.78, 5) is 4.59. The number of rotatable bonds is 3. The number of para-hydroxylation sites is 1. The first-order valence-electron chi connectivity index (χ1n) is 6.54. The third-order valence-electron chi connectivity index (χ3n) is 3.35. The van der Waals surface area contributed by atoms with Crippen LogP contribution in [0.15, 0.2) is 53.0 Å². The number of methoxy groups -OCH3 is 1. The molecule has 0 N–H and O–H groups in total. The van der Waals surface area contributed by atoms with Crippen molar-refractivity contribution in [2.75, 3.05) is 7.11 Å². The van der Waals surface area contributed by atoms with Crippen LogP contribution in [-0.4, -0.2) is 12.1 Å². The molecular formula is C17H13BrClNO.